The number of rotatable bonds is 15. The largest absolute Gasteiger partial charge is 0.469 e. The molecule has 0 bridgehead atoms. The molecular weight excluding hydrogens is 552 g/mol. The molecule has 1 saturated carbocycles. The maximum atomic E-state index is 13.2. The molecule has 220 valence electrons. The molecule has 3 rings (SSSR count). The van der Waals surface area contributed by atoms with Gasteiger partial charge in [0.25, 0.3) is 5.91 Å². The quantitative estimate of drug-likeness (QED) is 0.301. The van der Waals surface area contributed by atoms with Crippen molar-refractivity contribution in [1.29, 1.82) is 0 Å². The monoisotopic (exact) mass is 592 g/mol. The second kappa shape index (κ2) is 14.7. The Hall–Kier alpha value is -2.86. The first-order valence-corrected chi connectivity index (χ1v) is 15.4. The summed E-state index contributed by atoms with van der Waals surface area (Å²) in [5, 5.41) is 7.83. The van der Waals surface area contributed by atoms with E-state index in [-0.39, 0.29) is 41.5 Å². The van der Waals surface area contributed by atoms with Crippen molar-refractivity contribution in [3.63, 3.8) is 0 Å². The van der Waals surface area contributed by atoms with Crippen LogP contribution in [-0.2, 0) is 30.3 Å². The highest BCUT2D eigenvalue weighted by Gasteiger charge is 2.33. The van der Waals surface area contributed by atoms with E-state index in [2.05, 4.69) is 15.3 Å². The number of aromatic nitrogens is 2. The van der Waals surface area contributed by atoms with Crippen LogP contribution in [0.25, 0.3) is 0 Å². The Kier molecular flexibility index (Phi) is 11.6. The Morgan fingerprint density at radius 3 is 2.45 bits per heavy atom. The summed E-state index contributed by atoms with van der Waals surface area (Å²) in [5.74, 6) is -0.921. The van der Waals surface area contributed by atoms with Crippen LogP contribution in [0, 0.1) is 17.8 Å². The molecule has 1 aliphatic carbocycles. The van der Waals surface area contributed by atoms with E-state index in [4.69, 9.17) is 9.47 Å². The van der Waals surface area contributed by atoms with Gasteiger partial charge in [-0.1, -0.05) is 20.8 Å². The van der Waals surface area contributed by atoms with E-state index in [1.807, 2.05) is 19.2 Å². The van der Waals surface area contributed by atoms with Crippen molar-refractivity contribution in [2.75, 3.05) is 14.2 Å². The van der Waals surface area contributed by atoms with E-state index in [1.54, 1.807) is 30.4 Å². The van der Waals surface area contributed by atoms with Crippen LogP contribution in [0.15, 0.2) is 17.0 Å². The maximum absolute atomic E-state index is 13.2. The fourth-order valence-corrected chi connectivity index (χ4v) is 6.21. The molecule has 2 aromatic heterocycles. The summed E-state index contributed by atoms with van der Waals surface area (Å²) in [5.41, 5.74) is 0.200. The van der Waals surface area contributed by atoms with Crippen molar-refractivity contribution in [3.8, 4) is 0 Å². The molecule has 4 unspecified atom stereocenters. The van der Waals surface area contributed by atoms with Crippen LogP contribution in [-0.4, -0.2) is 64.9 Å². The average Bonchev–Trinajstić information content (AvgIpc) is 3.34. The Labute approximate surface area is 243 Å². The molecule has 4 atom stereocenters. The summed E-state index contributed by atoms with van der Waals surface area (Å²) >= 11 is 2.72. The standard InChI is InChI=1S/C28H40N4O6S2/c1-16(2)22(32(5)25(34)12-19-7-8-19)14-23(38-18(4)33)27-31-21(15-40-27)26(35)30-20(11-17(3)28(36)37-6)13-24-29-9-10-39-24/h9-10,15-17,19-20,22-23H,7-8,11-14H2,1-6H3,(H,30,35). The van der Waals surface area contributed by atoms with Crippen molar-refractivity contribution < 1.29 is 28.7 Å². The van der Waals surface area contributed by atoms with Gasteiger partial charge in [0.2, 0.25) is 5.91 Å². The highest BCUT2D eigenvalue weighted by atomic mass is 32.1. The minimum atomic E-state index is -0.696. The van der Waals surface area contributed by atoms with Gasteiger partial charge in [-0.3, -0.25) is 19.2 Å². The lowest BCUT2D eigenvalue weighted by molar-refractivity contribution is -0.148. The van der Waals surface area contributed by atoms with Gasteiger partial charge in [0.05, 0.1) is 18.0 Å². The number of carbonyl (C=O) groups excluding carboxylic acids is 4. The van der Waals surface area contributed by atoms with Gasteiger partial charge < -0.3 is 19.7 Å². The molecule has 40 heavy (non-hydrogen) atoms. The molecule has 0 aliphatic heterocycles. The van der Waals surface area contributed by atoms with Gasteiger partial charge in [-0.2, -0.15) is 0 Å². The molecule has 12 heteroatoms. The number of carbonyl (C=O) groups is 4. The van der Waals surface area contributed by atoms with Crippen molar-refractivity contribution in [2.24, 2.45) is 17.8 Å². The molecular formula is C28H40N4O6S2. The molecule has 1 N–H and O–H groups in total. The molecule has 2 amide bonds. The average molecular weight is 593 g/mol. The second-order valence-electron chi connectivity index (χ2n) is 10.8. The molecule has 1 fully saturated rings. The molecule has 0 saturated heterocycles. The molecule has 2 heterocycles. The van der Waals surface area contributed by atoms with Crippen LogP contribution in [0.2, 0.25) is 0 Å². The lowest BCUT2D eigenvalue weighted by Gasteiger charge is -2.33. The summed E-state index contributed by atoms with van der Waals surface area (Å²) in [4.78, 5) is 60.7. The van der Waals surface area contributed by atoms with Crippen LogP contribution in [0.4, 0.5) is 0 Å². The molecule has 2 aromatic rings. The molecule has 0 spiro atoms. The second-order valence-corrected chi connectivity index (χ2v) is 12.7. The lowest BCUT2D eigenvalue weighted by Crippen LogP contribution is -2.42. The van der Waals surface area contributed by atoms with E-state index in [0.29, 0.717) is 36.6 Å². The van der Waals surface area contributed by atoms with Crippen molar-refractivity contribution in [3.05, 3.63) is 32.7 Å². The van der Waals surface area contributed by atoms with Crippen LogP contribution in [0.5, 0.6) is 0 Å². The van der Waals surface area contributed by atoms with Gasteiger partial charge >= 0.3 is 11.9 Å². The molecule has 1 aliphatic rings. The number of nitrogens with one attached hydrogen (secondary N) is 1. The van der Waals surface area contributed by atoms with Crippen LogP contribution in [0.1, 0.15) is 86.4 Å². The summed E-state index contributed by atoms with van der Waals surface area (Å²) in [6.07, 6.45) is 4.95. The highest BCUT2D eigenvalue weighted by molar-refractivity contribution is 7.10. The first-order valence-electron chi connectivity index (χ1n) is 13.6. The number of methoxy groups -OCH3 is 1. The van der Waals surface area contributed by atoms with Gasteiger partial charge in [0, 0.05) is 62.3 Å². The van der Waals surface area contributed by atoms with E-state index in [0.717, 1.165) is 17.8 Å². The van der Waals surface area contributed by atoms with Gasteiger partial charge in [-0.15, -0.1) is 22.7 Å². The summed E-state index contributed by atoms with van der Waals surface area (Å²) in [6.45, 7) is 7.17. The normalized spacial score (nSPS) is 16.1. The van der Waals surface area contributed by atoms with Crippen molar-refractivity contribution in [1.82, 2.24) is 20.2 Å². The Morgan fingerprint density at radius 2 is 1.88 bits per heavy atom. The Balaban J connectivity index is 1.74. The third kappa shape index (κ3) is 9.36. The van der Waals surface area contributed by atoms with Gasteiger partial charge in [0.1, 0.15) is 10.7 Å². The minimum Gasteiger partial charge on any atom is -0.469 e. The fraction of sp³-hybridized carbons (Fsp3) is 0.643. The Morgan fingerprint density at radius 1 is 1.15 bits per heavy atom. The Bertz CT molecular complexity index is 1150. The molecule has 0 aromatic carbocycles. The van der Waals surface area contributed by atoms with Crippen molar-refractivity contribution in [2.45, 2.75) is 84.4 Å². The number of ether oxygens (including phenoxy) is 2. The number of hydrogen-bond acceptors (Lipinski definition) is 10. The lowest BCUT2D eigenvalue weighted by atomic mass is 9.96. The summed E-state index contributed by atoms with van der Waals surface area (Å²) in [7, 11) is 3.15. The predicted octanol–water partition coefficient (Wildman–Crippen LogP) is 4.42. The maximum Gasteiger partial charge on any atom is 0.308 e. The zero-order chi connectivity index (χ0) is 29.4. The summed E-state index contributed by atoms with van der Waals surface area (Å²) in [6, 6.07) is -0.530. The SMILES string of the molecule is COC(=O)C(C)CC(Cc1nccs1)NC(=O)c1csc(C(CC(C(C)C)N(C)C(=O)CC2CC2)OC(C)=O)n1. The van der Waals surface area contributed by atoms with E-state index in [1.165, 1.54) is 36.7 Å². The number of thiazole rings is 2. The van der Waals surface area contributed by atoms with Crippen LogP contribution >= 0.6 is 22.7 Å². The van der Waals surface area contributed by atoms with Crippen LogP contribution in [0.3, 0.4) is 0 Å². The van der Waals surface area contributed by atoms with Crippen LogP contribution < -0.4 is 5.32 Å². The summed E-state index contributed by atoms with van der Waals surface area (Å²) < 4.78 is 10.5. The molecule has 0 radical (unpaired) electrons. The number of nitrogens with zero attached hydrogens (tertiary/aromatic N) is 3. The number of esters is 2. The van der Waals surface area contributed by atoms with Gasteiger partial charge in [-0.25, -0.2) is 9.97 Å². The predicted molar refractivity (Wildman–Crippen MR) is 153 cm³/mol. The first-order chi connectivity index (χ1) is 19.0. The van der Waals surface area contributed by atoms with E-state index < -0.39 is 18.0 Å². The third-order valence-corrected chi connectivity index (χ3v) is 8.83. The topological polar surface area (TPSA) is 128 Å². The third-order valence-electron chi connectivity index (χ3n) is 7.10. The fourth-order valence-electron chi connectivity index (χ4n) is 4.68. The zero-order valence-electron chi connectivity index (χ0n) is 24.0. The van der Waals surface area contributed by atoms with E-state index >= 15 is 0 Å². The smallest absolute Gasteiger partial charge is 0.308 e. The van der Waals surface area contributed by atoms with E-state index in [9.17, 15) is 19.2 Å². The first kappa shape index (κ1) is 31.7. The minimum absolute atomic E-state index is 0.0921. The van der Waals surface area contributed by atoms with Crippen molar-refractivity contribution >= 4 is 46.4 Å². The number of hydrogen-bond donors (Lipinski definition) is 1. The van der Waals surface area contributed by atoms with Gasteiger partial charge in [-0.05, 0) is 31.1 Å². The molecule has 10 nitrogen and oxygen atoms in total. The number of amides is 2. The van der Waals surface area contributed by atoms with Gasteiger partial charge in [0.15, 0.2) is 6.10 Å². The zero-order valence-corrected chi connectivity index (χ0v) is 25.7. The highest BCUT2D eigenvalue weighted by Crippen LogP contribution is 2.35.